The lowest BCUT2D eigenvalue weighted by Crippen LogP contribution is -2.37. The Hall–Kier alpha value is -1.88. The first-order chi connectivity index (χ1) is 11.5. The molecule has 1 aromatic carbocycles. The Morgan fingerprint density at radius 1 is 1.08 bits per heavy atom. The van der Waals surface area contributed by atoms with Gasteiger partial charge in [0, 0.05) is 11.8 Å². The van der Waals surface area contributed by atoms with E-state index >= 15 is 0 Å². The highest BCUT2D eigenvalue weighted by Gasteiger charge is 2.33. The normalized spacial score (nSPS) is 23.4. The van der Waals surface area contributed by atoms with Gasteiger partial charge in [0.2, 0.25) is 11.8 Å². The van der Waals surface area contributed by atoms with Crippen LogP contribution in [0, 0.1) is 17.8 Å². The van der Waals surface area contributed by atoms with Gasteiger partial charge in [0.15, 0.2) is 0 Å². The van der Waals surface area contributed by atoms with Crippen molar-refractivity contribution < 1.29 is 14.7 Å². The lowest BCUT2D eigenvalue weighted by Gasteiger charge is -2.32. The molecule has 1 aliphatic carbocycles. The molecule has 0 unspecified atom stereocenters. The molecule has 2 rings (SSSR count). The van der Waals surface area contributed by atoms with Gasteiger partial charge in [0.1, 0.15) is 0 Å². The molecule has 0 spiro atoms. The van der Waals surface area contributed by atoms with Crippen LogP contribution in [0.3, 0.4) is 0 Å². The molecule has 5 N–H and O–H groups in total. The van der Waals surface area contributed by atoms with Crippen LogP contribution < -0.4 is 11.5 Å². The molecule has 0 aromatic heterocycles. The van der Waals surface area contributed by atoms with Crippen LogP contribution in [0.1, 0.15) is 44.1 Å². The topological polar surface area (TPSA) is 106 Å². The minimum Gasteiger partial charge on any atom is -0.393 e. The minimum absolute atomic E-state index is 0.0854. The molecule has 2 atom stereocenters. The zero-order chi connectivity index (χ0) is 17.5. The maximum atomic E-state index is 11.8. The molecule has 0 radical (unpaired) electrons. The summed E-state index contributed by atoms with van der Waals surface area (Å²) in [6.07, 6.45) is 4.21. The Labute approximate surface area is 143 Å². The van der Waals surface area contributed by atoms with E-state index in [0.717, 1.165) is 19.3 Å². The van der Waals surface area contributed by atoms with Crippen LogP contribution in [0.4, 0.5) is 0 Å². The molecular formula is C19H28N2O3. The highest BCUT2D eigenvalue weighted by atomic mass is 16.3. The fraction of sp³-hybridized carbons (Fsp3) is 0.579. The second-order valence-electron chi connectivity index (χ2n) is 6.94. The van der Waals surface area contributed by atoms with E-state index in [2.05, 4.69) is 0 Å². The number of benzene rings is 1. The predicted molar refractivity (Wildman–Crippen MR) is 92.7 cm³/mol. The number of aliphatic hydroxyl groups is 1. The van der Waals surface area contributed by atoms with E-state index < -0.39 is 6.10 Å². The smallest absolute Gasteiger partial charge is 0.220 e. The molecule has 0 aliphatic heterocycles. The number of rotatable bonds is 8. The molecule has 5 nitrogen and oxygen atoms in total. The summed E-state index contributed by atoms with van der Waals surface area (Å²) in [6.45, 7) is 0. The third-order valence-corrected chi connectivity index (χ3v) is 5.24. The van der Waals surface area contributed by atoms with Gasteiger partial charge < -0.3 is 16.6 Å². The first-order valence-corrected chi connectivity index (χ1v) is 8.78. The van der Waals surface area contributed by atoms with Crippen molar-refractivity contribution in [2.75, 3.05) is 0 Å². The monoisotopic (exact) mass is 332 g/mol. The third kappa shape index (κ3) is 5.34. The van der Waals surface area contributed by atoms with E-state index in [0.29, 0.717) is 25.7 Å². The van der Waals surface area contributed by atoms with Gasteiger partial charge in [-0.1, -0.05) is 30.3 Å². The summed E-state index contributed by atoms with van der Waals surface area (Å²) in [5.41, 5.74) is 12.1. The lowest BCUT2D eigenvalue weighted by atomic mass is 9.73. The van der Waals surface area contributed by atoms with Gasteiger partial charge in [-0.05, 0) is 56.4 Å². The average molecular weight is 332 g/mol. The minimum atomic E-state index is -0.545. The highest BCUT2D eigenvalue weighted by Crippen LogP contribution is 2.35. The summed E-state index contributed by atoms with van der Waals surface area (Å²) in [7, 11) is 0. The summed E-state index contributed by atoms with van der Waals surface area (Å²) in [6, 6.07) is 9.98. The van der Waals surface area contributed by atoms with Crippen molar-refractivity contribution >= 4 is 11.8 Å². The first-order valence-electron chi connectivity index (χ1n) is 8.78. The first kappa shape index (κ1) is 18.5. The molecule has 0 saturated heterocycles. The second kappa shape index (κ2) is 8.83. The third-order valence-electron chi connectivity index (χ3n) is 5.24. The zero-order valence-electron chi connectivity index (χ0n) is 14.1. The molecule has 1 fully saturated rings. The quantitative estimate of drug-likeness (QED) is 0.675. The molecule has 24 heavy (non-hydrogen) atoms. The highest BCUT2D eigenvalue weighted by molar-refractivity contribution is 5.78. The summed E-state index contributed by atoms with van der Waals surface area (Å²) in [5, 5.41) is 10.3. The molecule has 2 amide bonds. The molecular weight excluding hydrogens is 304 g/mol. The number of amides is 2. The number of hydrogen-bond acceptors (Lipinski definition) is 3. The number of aryl methyl sites for hydroxylation is 1. The number of aliphatic hydroxyl groups excluding tert-OH is 1. The van der Waals surface area contributed by atoms with E-state index in [1.54, 1.807) is 0 Å². The molecule has 132 valence electrons. The predicted octanol–water partition coefficient (Wildman–Crippen LogP) is 1.76. The van der Waals surface area contributed by atoms with Crippen LogP contribution in [0.15, 0.2) is 30.3 Å². The number of carbonyl (C=O) groups is 2. The van der Waals surface area contributed by atoms with Crippen molar-refractivity contribution in [3.8, 4) is 0 Å². The summed E-state index contributed by atoms with van der Waals surface area (Å²) < 4.78 is 0. The van der Waals surface area contributed by atoms with Crippen LogP contribution in [0.2, 0.25) is 0 Å². The van der Waals surface area contributed by atoms with Crippen molar-refractivity contribution in [2.24, 2.45) is 29.2 Å². The summed E-state index contributed by atoms with van der Waals surface area (Å²) in [5.74, 6) is -0.880. The van der Waals surface area contributed by atoms with E-state index in [4.69, 9.17) is 11.5 Å². The zero-order valence-corrected chi connectivity index (χ0v) is 14.1. The Balaban J connectivity index is 1.84. The van der Waals surface area contributed by atoms with Crippen molar-refractivity contribution in [1.29, 1.82) is 0 Å². The fourth-order valence-electron chi connectivity index (χ4n) is 3.74. The van der Waals surface area contributed by atoms with E-state index in [1.165, 1.54) is 5.56 Å². The molecule has 5 heteroatoms. The van der Waals surface area contributed by atoms with Crippen LogP contribution in [-0.2, 0) is 16.0 Å². The SMILES string of the molecule is NC(=O)C1CCC([C@H](C[C@@H](O)CCc2ccccc2)C(N)=O)CC1. The van der Waals surface area contributed by atoms with Gasteiger partial charge in [0.05, 0.1) is 6.10 Å². The van der Waals surface area contributed by atoms with Gasteiger partial charge >= 0.3 is 0 Å². The van der Waals surface area contributed by atoms with Crippen LogP contribution in [0.25, 0.3) is 0 Å². The Kier molecular flexibility index (Phi) is 6.79. The molecule has 1 aliphatic rings. The standard InChI is InChI=1S/C19H28N2O3/c20-18(23)15-9-7-14(8-10-15)17(19(21)24)12-16(22)11-6-13-4-2-1-3-5-13/h1-5,14-17,22H,6-12H2,(H2,20,23)(H2,21,24)/t14?,15?,16-,17-/m0/s1. The Bertz CT molecular complexity index is 539. The summed E-state index contributed by atoms with van der Waals surface area (Å²) >= 11 is 0. The van der Waals surface area contributed by atoms with Gasteiger partial charge in [-0.15, -0.1) is 0 Å². The number of carbonyl (C=O) groups excluding carboxylic acids is 2. The van der Waals surface area contributed by atoms with Gasteiger partial charge in [-0.3, -0.25) is 9.59 Å². The Morgan fingerprint density at radius 2 is 1.71 bits per heavy atom. The maximum Gasteiger partial charge on any atom is 0.220 e. The number of primary amides is 2. The molecule has 1 aromatic rings. The second-order valence-corrected chi connectivity index (χ2v) is 6.94. The van der Waals surface area contributed by atoms with Crippen molar-refractivity contribution in [2.45, 2.75) is 51.0 Å². The lowest BCUT2D eigenvalue weighted by molar-refractivity contribution is -0.126. The molecule has 0 bridgehead atoms. The van der Waals surface area contributed by atoms with Crippen molar-refractivity contribution in [3.63, 3.8) is 0 Å². The van der Waals surface area contributed by atoms with Crippen molar-refractivity contribution in [1.82, 2.24) is 0 Å². The maximum absolute atomic E-state index is 11.8. The largest absolute Gasteiger partial charge is 0.393 e. The fourth-order valence-corrected chi connectivity index (χ4v) is 3.74. The average Bonchev–Trinajstić information content (AvgIpc) is 2.58. The summed E-state index contributed by atoms with van der Waals surface area (Å²) in [4.78, 5) is 23.1. The Morgan fingerprint density at radius 3 is 2.25 bits per heavy atom. The van der Waals surface area contributed by atoms with E-state index in [9.17, 15) is 14.7 Å². The van der Waals surface area contributed by atoms with Crippen molar-refractivity contribution in [3.05, 3.63) is 35.9 Å². The van der Waals surface area contributed by atoms with Gasteiger partial charge in [0.25, 0.3) is 0 Å². The van der Waals surface area contributed by atoms with Gasteiger partial charge in [-0.25, -0.2) is 0 Å². The van der Waals surface area contributed by atoms with E-state index in [-0.39, 0.29) is 29.6 Å². The number of nitrogens with two attached hydrogens (primary N) is 2. The van der Waals surface area contributed by atoms with E-state index in [1.807, 2.05) is 30.3 Å². The number of hydrogen-bond donors (Lipinski definition) is 3. The molecule has 1 saturated carbocycles. The van der Waals surface area contributed by atoms with Crippen LogP contribution in [0.5, 0.6) is 0 Å². The van der Waals surface area contributed by atoms with Crippen LogP contribution in [-0.4, -0.2) is 23.0 Å². The van der Waals surface area contributed by atoms with Crippen LogP contribution >= 0.6 is 0 Å². The van der Waals surface area contributed by atoms with Gasteiger partial charge in [-0.2, -0.15) is 0 Å². The molecule has 0 heterocycles.